The van der Waals surface area contributed by atoms with Crippen LogP contribution in [0.25, 0.3) is 6.08 Å². The molecule has 4 heteroatoms. The van der Waals surface area contributed by atoms with Crippen molar-refractivity contribution in [2.24, 2.45) is 0 Å². The molecule has 0 aromatic heterocycles. The van der Waals surface area contributed by atoms with Crippen molar-refractivity contribution < 1.29 is 18.0 Å². The molecule has 0 saturated carbocycles. The molecule has 0 fully saturated rings. The Morgan fingerprint density at radius 3 is 2.40 bits per heavy atom. The summed E-state index contributed by atoms with van der Waals surface area (Å²) in [6.07, 6.45) is -1.10. The van der Waals surface area contributed by atoms with Gasteiger partial charge in [0.15, 0.2) is 6.29 Å². The minimum absolute atomic E-state index is 0.211. The summed E-state index contributed by atoms with van der Waals surface area (Å²) in [4.78, 5) is 10.4. The quantitative estimate of drug-likeness (QED) is 0.688. The smallest absolute Gasteiger partial charge is 0.298 e. The Bertz CT molecular complexity index is 391. The molecule has 0 radical (unpaired) electrons. The number of hydrogen-bond acceptors (Lipinski definition) is 1. The van der Waals surface area contributed by atoms with Gasteiger partial charge in [0.05, 0.1) is 5.56 Å². The molecule has 1 aromatic rings. The molecule has 0 amide bonds. The maximum atomic E-state index is 12.5. The molecule has 0 atom stereocenters. The summed E-state index contributed by atoms with van der Waals surface area (Å²) >= 11 is 0. The van der Waals surface area contributed by atoms with E-state index < -0.39 is 11.7 Å². The zero-order valence-electron chi connectivity index (χ0n) is 8.01. The number of carbonyl (C=O) groups excluding carboxylic acids is 1. The standard InChI is InChI=1S/C11H9F3O/c1-2-3-8-4-5-9(7-15)10(6-8)11(12,13)14/h2-7H,1H3. The number of hydrogen-bond donors (Lipinski definition) is 0. The van der Waals surface area contributed by atoms with E-state index in [2.05, 4.69) is 0 Å². The highest BCUT2D eigenvalue weighted by Gasteiger charge is 2.33. The number of allylic oxidation sites excluding steroid dienone is 1. The van der Waals surface area contributed by atoms with Gasteiger partial charge in [-0.2, -0.15) is 13.2 Å². The molecule has 1 nitrogen and oxygen atoms in total. The molecule has 80 valence electrons. The average molecular weight is 214 g/mol. The molecule has 1 aromatic carbocycles. The van der Waals surface area contributed by atoms with Crippen molar-refractivity contribution in [3.8, 4) is 0 Å². The second-order valence-electron chi connectivity index (χ2n) is 2.96. The summed E-state index contributed by atoms with van der Waals surface area (Å²) < 4.78 is 37.4. The van der Waals surface area contributed by atoms with Gasteiger partial charge >= 0.3 is 6.18 Å². The van der Waals surface area contributed by atoms with Crippen LogP contribution in [-0.4, -0.2) is 6.29 Å². The highest BCUT2D eigenvalue weighted by molar-refractivity contribution is 5.78. The SMILES string of the molecule is CC=Cc1ccc(C=O)c(C(F)(F)F)c1. The third-order valence-electron chi connectivity index (χ3n) is 1.87. The third kappa shape index (κ3) is 2.68. The maximum absolute atomic E-state index is 12.5. The van der Waals surface area contributed by atoms with Gasteiger partial charge in [-0.25, -0.2) is 0 Å². The first-order chi connectivity index (χ1) is 6.99. The summed E-state index contributed by atoms with van der Waals surface area (Å²) in [6.45, 7) is 1.71. The Kier molecular flexibility index (Phi) is 3.29. The number of aldehydes is 1. The summed E-state index contributed by atoms with van der Waals surface area (Å²) in [5.74, 6) is 0. The lowest BCUT2D eigenvalue weighted by Crippen LogP contribution is -2.09. The number of alkyl halides is 3. The van der Waals surface area contributed by atoms with E-state index in [1.54, 1.807) is 19.1 Å². The van der Waals surface area contributed by atoms with E-state index in [1.807, 2.05) is 0 Å². The first kappa shape index (κ1) is 11.5. The van der Waals surface area contributed by atoms with Gasteiger partial charge < -0.3 is 0 Å². The van der Waals surface area contributed by atoms with Crippen LogP contribution in [-0.2, 0) is 6.18 Å². The topological polar surface area (TPSA) is 17.1 Å². The fourth-order valence-electron chi connectivity index (χ4n) is 1.22. The van der Waals surface area contributed by atoms with Crippen molar-refractivity contribution in [2.75, 3.05) is 0 Å². The van der Waals surface area contributed by atoms with Crippen molar-refractivity contribution in [2.45, 2.75) is 13.1 Å². The van der Waals surface area contributed by atoms with E-state index in [0.29, 0.717) is 5.56 Å². The van der Waals surface area contributed by atoms with Crippen LogP contribution < -0.4 is 0 Å². The molecule has 0 aliphatic heterocycles. The molecule has 0 unspecified atom stereocenters. The Hall–Kier alpha value is -1.58. The predicted molar refractivity (Wildman–Crippen MR) is 51.5 cm³/mol. The van der Waals surface area contributed by atoms with Gasteiger partial charge in [-0.05, 0) is 18.6 Å². The van der Waals surface area contributed by atoms with Gasteiger partial charge in [-0.3, -0.25) is 4.79 Å². The van der Waals surface area contributed by atoms with Gasteiger partial charge in [0, 0.05) is 5.56 Å². The monoisotopic (exact) mass is 214 g/mol. The highest BCUT2D eigenvalue weighted by atomic mass is 19.4. The molecule has 0 spiro atoms. The van der Waals surface area contributed by atoms with Gasteiger partial charge in [0.1, 0.15) is 0 Å². The Labute approximate surface area is 85.2 Å². The van der Waals surface area contributed by atoms with E-state index in [9.17, 15) is 18.0 Å². The largest absolute Gasteiger partial charge is 0.417 e. The van der Waals surface area contributed by atoms with Crippen molar-refractivity contribution in [1.29, 1.82) is 0 Å². The van der Waals surface area contributed by atoms with E-state index in [4.69, 9.17) is 0 Å². The van der Waals surface area contributed by atoms with Crippen molar-refractivity contribution in [1.82, 2.24) is 0 Å². The van der Waals surface area contributed by atoms with Crippen molar-refractivity contribution >= 4 is 12.4 Å². The molecule has 0 bridgehead atoms. The van der Waals surface area contributed by atoms with E-state index in [1.165, 1.54) is 12.1 Å². The second-order valence-corrected chi connectivity index (χ2v) is 2.96. The fraction of sp³-hybridized carbons (Fsp3) is 0.182. The Morgan fingerprint density at radius 1 is 1.27 bits per heavy atom. The lowest BCUT2D eigenvalue weighted by Gasteiger charge is -2.09. The van der Waals surface area contributed by atoms with Crippen molar-refractivity contribution in [3.63, 3.8) is 0 Å². The average Bonchev–Trinajstić information content (AvgIpc) is 2.17. The molecular weight excluding hydrogens is 205 g/mol. The number of benzene rings is 1. The molecule has 0 N–H and O–H groups in total. The van der Waals surface area contributed by atoms with Crippen LogP contribution in [0.15, 0.2) is 24.3 Å². The molecule has 0 heterocycles. The van der Waals surface area contributed by atoms with Crippen LogP contribution in [0.4, 0.5) is 13.2 Å². The van der Waals surface area contributed by atoms with Gasteiger partial charge in [0.2, 0.25) is 0 Å². The maximum Gasteiger partial charge on any atom is 0.417 e. The van der Waals surface area contributed by atoms with Gasteiger partial charge in [-0.15, -0.1) is 0 Å². The van der Waals surface area contributed by atoms with Gasteiger partial charge in [0.25, 0.3) is 0 Å². The van der Waals surface area contributed by atoms with Gasteiger partial charge in [-0.1, -0.05) is 24.3 Å². The molecule has 15 heavy (non-hydrogen) atoms. The van der Waals surface area contributed by atoms with Crippen molar-refractivity contribution in [3.05, 3.63) is 41.0 Å². The van der Waals surface area contributed by atoms with E-state index in [0.717, 1.165) is 6.07 Å². The van der Waals surface area contributed by atoms with E-state index >= 15 is 0 Å². The molecule has 0 saturated heterocycles. The third-order valence-corrected chi connectivity index (χ3v) is 1.87. The predicted octanol–water partition coefficient (Wildman–Crippen LogP) is 3.55. The summed E-state index contributed by atoms with van der Waals surface area (Å²) in [5.41, 5.74) is -0.806. The number of rotatable bonds is 2. The molecule has 0 aliphatic carbocycles. The first-order valence-electron chi connectivity index (χ1n) is 4.28. The molecule has 1 rings (SSSR count). The van der Waals surface area contributed by atoms with E-state index in [-0.39, 0.29) is 11.8 Å². The molecular formula is C11H9F3O. The van der Waals surface area contributed by atoms with Crippen LogP contribution in [0.3, 0.4) is 0 Å². The van der Waals surface area contributed by atoms with Crippen LogP contribution in [0.1, 0.15) is 28.4 Å². The minimum Gasteiger partial charge on any atom is -0.298 e. The lowest BCUT2D eigenvalue weighted by molar-refractivity contribution is -0.137. The first-order valence-corrected chi connectivity index (χ1v) is 4.28. The lowest BCUT2D eigenvalue weighted by atomic mass is 10.0. The minimum atomic E-state index is -4.49. The number of carbonyl (C=O) groups is 1. The molecule has 0 aliphatic rings. The summed E-state index contributed by atoms with van der Waals surface area (Å²) in [5, 5.41) is 0. The van der Waals surface area contributed by atoms with Crippen LogP contribution in [0.5, 0.6) is 0 Å². The van der Waals surface area contributed by atoms with Crippen LogP contribution in [0, 0.1) is 0 Å². The second kappa shape index (κ2) is 4.29. The van der Waals surface area contributed by atoms with Crippen LogP contribution in [0.2, 0.25) is 0 Å². The van der Waals surface area contributed by atoms with Crippen LogP contribution >= 0.6 is 0 Å². The zero-order valence-corrected chi connectivity index (χ0v) is 8.01. The Morgan fingerprint density at radius 2 is 1.93 bits per heavy atom. The normalized spacial score (nSPS) is 12.0. The highest BCUT2D eigenvalue weighted by Crippen LogP contribution is 2.32. The Balaban J connectivity index is 3.31. The number of halogens is 3. The fourth-order valence-corrected chi connectivity index (χ4v) is 1.22. The summed E-state index contributed by atoms with van der Waals surface area (Å²) in [6, 6.07) is 3.61. The zero-order chi connectivity index (χ0) is 11.5. The summed E-state index contributed by atoms with van der Waals surface area (Å²) in [7, 11) is 0.